The summed E-state index contributed by atoms with van der Waals surface area (Å²) in [5.41, 5.74) is 2.42. The number of hydrogen-bond acceptors (Lipinski definition) is 5. The zero-order chi connectivity index (χ0) is 14.5. The predicted octanol–water partition coefficient (Wildman–Crippen LogP) is 2.68. The number of rotatable bonds is 5. The Balaban J connectivity index is 2.02. The molecule has 0 unspecified atom stereocenters. The number of nitrogens with one attached hydrogen (secondary N) is 1. The van der Waals surface area contributed by atoms with Crippen molar-refractivity contribution in [1.82, 2.24) is 10.3 Å². The summed E-state index contributed by atoms with van der Waals surface area (Å²) < 4.78 is 0. The zero-order valence-electron chi connectivity index (χ0n) is 10.2. The number of carbonyl (C=O) groups is 1. The second-order valence-corrected chi connectivity index (χ2v) is 4.98. The molecule has 0 aliphatic heterocycles. The highest BCUT2D eigenvalue weighted by Gasteiger charge is 2.19. The fourth-order valence-corrected chi connectivity index (χ4v) is 2.47. The van der Waals surface area contributed by atoms with Crippen molar-refractivity contribution in [1.29, 1.82) is 0 Å². The van der Waals surface area contributed by atoms with E-state index in [1.165, 1.54) is 29.5 Å². The van der Waals surface area contributed by atoms with Gasteiger partial charge in [0, 0.05) is 24.4 Å². The average molecular weight is 312 g/mol. The average Bonchev–Trinajstić information content (AvgIpc) is 2.91. The molecule has 0 aliphatic carbocycles. The van der Waals surface area contributed by atoms with Crippen molar-refractivity contribution in [2.45, 2.75) is 6.42 Å². The quantitative estimate of drug-likeness (QED) is 0.679. The molecule has 1 N–H and O–H groups in total. The summed E-state index contributed by atoms with van der Waals surface area (Å²) in [4.78, 5) is 26.2. The smallest absolute Gasteiger partial charge is 0.288 e. The Hall–Kier alpha value is -1.99. The Bertz CT molecular complexity index is 631. The third kappa shape index (κ3) is 3.31. The van der Waals surface area contributed by atoms with Gasteiger partial charge in [-0.15, -0.1) is 11.3 Å². The van der Waals surface area contributed by atoms with Crippen LogP contribution < -0.4 is 5.32 Å². The van der Waals surface area contributed by atoms with Crippen molar-refractivity contribution in [3.8, 4) is 0 Å². The van der Waals surface area contributed by atoms with Crippen molar-refractivity contribution in [3.05, 3.63) is 55.5 Å². The number of hydrogen-bond donors (Lipinski definition) is 1. The highest BCUT2D eigenvalue weighted by molar-refractivity contribution is 7.07. The summed E-state index contributed by atoms with van der Waals surface area (Å²) in [6.07, 6.45) is 0.599. The van der Waals surface area contributed by atoms with Gasteiger partial charge in [-0.3, -0.25) is 14.9 Å². The third-order valence-electron chi connectivity index (χ3n) is 2.57. The van der Waals surface area contributed by atoms with E-state index in [1.807, 2.05) is 5.38 Å². The molecular weight excluding hydrogens is 302 g/mol. The van der Waals surface area contributed by atoms with E-state index >= 15 is 0 Å². The number of halogens is 1. The Labute approximate surface area is 123 Å². The van der Waals surface area contributed by atoms with E-state index in [2.05, 4.69) is 10.3 Å². The largest absolute Gasteiger partial charge is 0.352 e. The van der Waals surface area contributed by atoms with Gasteiger partial charge in [0.05, 0.1) is 21.7 Å². The standard InChI is InChI=1S/C12H10ClN3O3S/c13-11-9(2-1-3-10(11)16(18)19)12(17)14-5-4-8-6-20-7-15-8/h1-3,6-7H,4-5H2,(H,14,17). The van der Waals surface area contributed by atoms with Crippen molar-refractivity contribution in [3.63, 3.8) is 0 Å². The van der Waals surface area contributed by atoms with Crippen LogP contribution in [-0.4, -0.2) is 22.4 Å². The molecule has 1 aromatic carbocycles. The van der Waals surface area contributed by atoms with Crippen LogP contribution in [0.4, 0.5) is 5.69 Å². The number of thiazole rings is 1. The van der Waals surface area contributed by atoms with Gasteiger partial charge in [0.2, 0.25) is 0 Å². The van der Waals surface area contributed by atoms with E-state index in [9.17, 15) is 14.9 Å². The maximum atomic E-state index is 11.9. The lowest BCUT2D eigenvalue weighted by Gasteiger charge is -2.06. The number of nitro groups is 1. The number of benzene rings is 1. The van der Waals surface area contributed by atoms with Gasteiger partial charge in [-0.2, -0.15) is 0 Å². The summed E-state index contributed by atoms with van der Waals surface area (Å²) in [7, 11) is 0. The van der Waals surface area contributed by atoms with E-state index in [4.69, 9.17) is 11.6 Å². The van der Waals surface area contributed by atoms with E-state index in [0.29, 0.717) is 13.0 Å². The third-order valence-corrected chi connectivity index (χ3v) is 3.60. The highest BCUT2D eigenvalue weighted by Crippen LogP contribution is 2.27. The maximum Gasteiger partial charge on any atom is 0.288 e. The summed E-state index contributed by atoms with van der Waals surface area (Å²) >= 11 is 7.35. The van der Waals surface area contributed by atoms with E-state index < -0.39 is 10.8 Å². The normalized spacial score (nSPS) is 10.2. The number of carbonyl (C=O) groups excluding carboxylic acids is 1. The molecule has 104 valence electrons. The number of nitro benzene ring substituents is 1. The number of aromatic nitrogens is 1. The molecule has 1 aromatic heterocycles. The summed E-state index contributed by atoms with van der Waals surface area (Å²) in [6.45, 7) is 0.390. The first-order valence-electron chi connectivity index (χ1n) is 5.67. The van der Waals surface area contributed by atoms with Crippen LogP contribution in [0.1, 0.15) is 16.1 Å². The van der Waals surface area contributed by atoms with Crippen molar-refractivity contribution in [2.75, 3.05) is 6.54 Å². The minimum atomic E-state index is -0.617. The van der Waals surface area contributed by atoms with Crippen LogP contribution in [0.5, 0.6) is 0 Å². The summed E-state index contributed by atoms with van der Waals surface area (Å²) in [6, 6.07) is 4.14. The van der Waals surface area contributed by atoms with Gasteiger partial charge >= 0.3 is 0 Å². The molecule has 0 atom stereocenters. The van der Waals surface area contributed by atoms with Gasteiger partial charge in [-0.1, -0.05) is 17.7 Å². The van der Waals surface area contributed by atoms with Gasteiger partial charge in [0.1, 0.15) is 5.02 Å². The molecule has 0 saturated heterocycles. The molecular formula is C12H10ClN3O3S. The fraction of sp³-hybridized carbons (Fsp3) is 0.167. The molecule has 0 radical (unpaired) electrons. The van der Waals surface area contributed by atoms with Crippen LogP contribution in [0.2, 0.25) is 5.02 Å². The van der Waals surface area contributed by atoms with Gasteiger partial charge in [0.15, 0.2) is 0 Å². The van der Waals surface area contributed by atoms with E-state index in [1.54, 1.807) is 5.51 Å². The van der Waals surface area contributed by atoms with Gasteiger partial charge < -0.3 is 5.32 Å². The molecule has 6 nitrogen and oxygen atoms in total. The zero-order valence-corrected chi connectivity index (χ0v) is 11.8. The van der Waals surface area contributed by atoms with E-state index in [-0.39, 0.29) is 16.3 Å². The molecule has 1 amide bonds. The first-order chi connectivity index (χ1) is 9.59. The molecule has 1 heterocycles. The predicted molar refractivity (Wildman–Crippen MR) is 76.3 cm³/mol. The topological polar surface area (TPSA) is 85.1 Å². The summed E-state index contributed by atoms with van der Waals surface area (Å²) in [5.74, 6) is -0.436. The molecule has 2 aromatic rings. The van der Waals surface area contributed by atoms with Crippen LogP contribution >= 0.6 is 22.9 Å². The second kappa shape index (κ2) is 6.44. The molecule has 0 aliphatic rings. The van der Waals surface area contributed by atoms with Crippen LogP contribution in [-0.2, 0) is 6.42 Å². The first-order valence-corrected chi connectivity index (χ1v) is 7.00. The van der Waals surface area contributed by atoms with Crippen molar-refractivity contribution in [2.24, 2.45) is 0 Å². The molecule has 8 heteroatoms. The lowest BCUT2D eigenvalue weighted by molar-refractivity contribution is -0.384. The summed E-state index contributed by atoms with van der Waals surface area (Å²) in [5, 5.41) is 15.2. The fourth-order valence-electron chi connectivity index (χ4n) is 1.60. The van der Waals surface area contributed by atoms with Gasteiger partial charge in [0.25, 0.3) is 11.6 Å². The molecule has 0 spiro atoms. The monoisotopic (exact) mass is 311 g/mol. The first kappa shape index (κ1) is 14.4. The molecule has 20 heavy (non-hydrogen) atoms. The maximum absolute atomic E-state index is 11.9. The SMILES string of the molecule is O=C(NCCc1cscn1)c1cccc([N+](=O)[O-])c1Cl. The molecule has 0 bridgehead atoms. The Morgan fingerprint density at radius 1 is 1.50 bits per heavy atom. The number of amides is 1. The molecule has 2 rings (SSSR count). The van der Waals surface area contributed by atoms with Crippen LogP contribution in [0.25, 0.3) is 0 Å². The molecule has 0 saturated carbocycles. The van der Waals surface area contributed by atoms with Crippen molar-refractivity contribution < 1.29 is 9.72 Å². The van der Waals surface area contributed by atoms with Gasteiger partial charge in [-0.25, -0.2) is 4.98 Å². The Kier molecular flexibility index (Phi) is 4.65. The minimum Gasteiger partial charge on any atom is -0.352 e. The van der Waals surface area contributed by atoms with Crippen LogP contribution in [0, 0.1) is 10.1 Å². The van der Waals surface area contributed by atoms with E-state index in [0.717, 1.165) is 5.69 Å². The van der Waals surface area contributed by atoms with Gasteiger partial charge in [-0.05, 0) is 6.07 Å². The molecule has 0 fully saturated rings. The van der Waals surface area contributed by atoms with Crippen LogP contribution in [0.15, 0.2) is 29.1 Å². The Morgan fingerprint density at radius 3 is 2.95 bits per heavy atom. The Morgan fingerprint density at radius 2 is 2.30 bits per heavy atom. The lowest BCUT2D eigenvalue weighted by atomic mass is 10.2. The lowest BCUT2D eigenvalue weighted by Crippen LogP contribution is -2.26. The van der Waals surface area contributed by atoms with Crippen molar-refractivity contribution >= 4 is 34.5 Å². The minimum absolute atomic E-state index is 0.0964. The highest BCUT2D eigenvalue weighted by atomic mass is 35.5. The van der Waals surface area contributed by atoms with Crippen LogP contribution in [0.3, 0.4) is 0 Å². The second-order valence-electron chi connectivity index (χ2n) is 3.88. The number of nitrogens with zero attached hydrogens (tertiary/aromatic N) is 2.